The Morgan fingerprint density at radius 1 is 1.00 bits per heavy atom. The van der Waals surface area contributed by atoms with Gasteiger partial charge in [-0.25, -0.2) is 0 Å². The van der Waals surface area contributed by atoms with Crippen molar-refractivity contribution in [3.8, 4) is 6.07 Å². The maximum Gasteiger partial charge on any atom is 0.226 e. The molecule has 0 aromatic carbocycles. The van der Waals surface area contributed by atoms with E-state index in [0.717, 1.165) is 61.9 Å². The zero-order chi connectivity index (χ0) is 19.5. The third-order valence-electron chi connectivity index (χ3n) is 7.77. The van der Waals surface area contributed by atoms with Gasteiger partial charge in [0, 0.05) is 31.1 Å². The molecule has 1 unspecified atom stereocenters. The number of anilines is 1. The van der Waals surface area contributed by atoms with Crippen molar-refractivity contribution in [2.24, 2.45) is 17.8 Å². The van der Waals surface area contributed by atoms with Crippen molar-refractivity contribution >= 4 is 11.7 Å². The Labute approximate surface area is 172 Å². The number of piperazine rings is 1. The summed E-state index contributed by atoms with van der Waals surface area (Å²) in [6.45, 7) is 2.32. The minimum Gasteiger partial charge on any atom is -0.350 e. The lowest BCUT2D eigenvalue weighted by Gasteiger charge is -2.43. The van der Waals surface area contributed by atoms with Gasteiger partial charge in [0.15, 0.2) is 5.82 Å². The van der Waals surface area contributed by atoms with E-state index in [2.05, 4.69) is 26.1 Å². The third-order valence-corrected chi connectivity index (χ3v) is 7.77. The Morgan fingerprint density at radius 3 is 2.48 bits per heavy atom. The van der Waals surface area contributed by atoms with E-state index < -0.39 is 0 Å². The number of nitriles is 1. The fraction of sp³-hybridized carbons (Fsp3) is 0.739. The van der Waals surface area contributed by atoms with Crippen LogP contribution in [0.15, 0.2) is 0 Å². The van der Waals surface area contributed by atoms with Gasteiger partial charge in [0.2, 0.25) is 5.91 Å². The van der Waals surface area contributed by atoms with Gasteiger partial charge in [-0.3, -0.25) is 4.79 Å². The van der Waals surface area contributed by atoms with E-state index in [4.69, 9.17) is 0 Å². The summed E-state index contributed by atoms with van der Waals surface area (Å²) in [5.74, 6) is 3.29. The molecule has 6 nitrogen and oxygen atoms in total. The first-order valence-electron chi connectivity index (χ1n) is 11.6. The van der Waals surface area contributed by atoms with E-state index in [1.165, 1.54) is 44.1 Å². The Bertz CT molecular complexity index is 880. The average Bonchev–Trinajstić information content (AvgIpc) is 3.59. The molecule has 1 aliphatic heterocycles. The van der Waals surface area contributed by atoms with Gasteiger partial charge in [0.05, 0.1) is 11.7 Å². The van der Waals surface area contributed by atoms with Crippen molar-refractivity contribution in [1.29, 1.82) is 5.26 Å². The molecule has 1 aromatic heterocycles. The summed E-state index contributed by atoms with van der Waals surface area (Å²) in [6.07, 6.45) is 10.5. The molecule has 4 fully saturated rings. The standard InChI is InChI=1S/C23H29N5O/c24-12-18-21-17(14-4-5-14)2-1-3-19(21)25-26-22(18)27-10-11-28(23(29)16-8-9-16)20(13-27)15-6-7-15/h14-17,20H,1-11,13H2/t17?,20-/m0/s1. The van der Waals surface area contributed by atoms with E-state index in [9.17, 15) is 10.1 Å². The van der Waals surface area contributed by atoms with Gasteiger partial charge in [-0.1, -0.05) is 0 Å². The number of fused-ring (bicyclic) bond motifs is 1. The van der Waals surface area contributed by atoms with Gasteiger partial charge in [0.25, 0.3) is 0 Å². The smallest absolute Gasteiger partial charge is 0.226 e. The molecule has 2 atom stereocenters. The van der Waals surface area contributed by atoms with Crippen LogP contribution in [-0.2, 0) is 11.2 Å². The molecule has 4 aliphatic carbocycles. The second kappa shape index (κ2) is 6.68. The van der Waals surface area contributed by atoms with Crippen LogP contribution in [0.3, 0.4) is 0 Å². The number of carbonyl (C=O) groups excluding carboxylic acids is 1. The fourth-order valence-electron chi connectivity index (χ4n) is 5.72. The quantitative estimate of drug-likeness (QED) is 0.789. The van der Waals surface area contributed by atoms with Crippen LogP contribution >= 0.6 is 0 Å². The summed E-state index contributed by atoms with van der Waals surface area (Å²) in [5.41, 5.74) is 3.06. The van der Waals surface area contributed by atoms with Crippen LogP contribution in [0.2, 0.25) is 0 Å². The summed E-state index contributed by atoms with van der Waals surface area (Å²) in [6, 6.07) is 2.81. The van der Waals surface area contributed by atoms with Gasteiger partial charge in [-0.05, 0) is 75.5 Å². The number of aryl methyl sites for hydroxylation is 1. The minimum absolute atomic E-state index is 0.278. The molecule has 2 heterocycles. The maximum atomic E-state index is 12.8. The Morgan fingerprint density at radius 2 is 1.79 bits per heavy atom. The summed E-state index contributed by atoms with van der Waals surface area (Å²) in [7, 11) is 0. The highest BCUT2D eigenvalue weighted by molar-refractivity contribution is 5.81. The number of amides is 1. The van der Waals surface area contributed by atoms with E-state index in [1.807, 2.05) is 0 Å². The Balaban J connectivity index is 1.32. The van der Waals surface area contributed by atoms with Crippen LogP contribution in [0.5, 0.6) is 0 Å². The molecule has 6 heteroatoms. The molecule has 0 spiro atoms. The first-order valence-corrected chi connectivity index (χ1v) is 11.6. The molecule has 3 saturated carbocycles. The second-order valence-corrected chi connectivity index (χ2v) is 9.86. The largest absolute Gasteiger partial charge is 0.350 e. The normalized spacial score (nSPS) is 29.3. The zero-order valence-corrected chi connectivity index (χ0v) is 17.0. The predicted molar refractivity (Wildman–Crippen MR) is 108 cm³/mol. The van der Waals surface area contributed by atoms with Gasteiger partial charge in [-0.15, -0.1) is 5.10 Å². The lowest BCUT2D eigenvalue weighted by Crippen LogP contribution is -2.57. The maximum absolute atomic E-state index is 12.8. The van der Waals surface area contributed by atoms with Crippen LogP contribution in [-0.4, -0.2) is 46.7 Å². The van der Waals surface area contributed by atoms with E-state index in [-0.39, 0.29) is 12.0 Å². The monoisotopic (exact) mass is 391 g/mol. The number of aromatic nitrogens is 2. The van der Waals surface area contributed by atoms with Gasteiger partial charge in [0.1, 0.15) is 11.6 Å². The third kappa shape index (κ3) is 3.10. The lowest BCUT2D eigenvalue weighted by atomic mass is 9.80. The molecule has 0 radical (unpaired) electrons. The first kappa shape index (κ1) is 17.7. The Hall–Kier alpha value is -2.16. The van der Waals surface area contributed by atoms with Crippen LogP contribution in [0.25, 0.3) is 0 Å². The van der Waals surface area contributed by atoms with E-state index >= 15 is 0 Å². The van der Waals surface area contributed by atoms with Crippen LogP contribution < -0.4 is 4.90 Å². The van der Waals surface area contributed by atoms with Crippen molar-refractivity contribution < 1.29 is 4.79 Å². The fourth-order valence-corrected chi connectivity index (χ4v) is 5.72. The molecule has 1 aromatic rings. The number of nitrogens with zero attached hydrogens (tertiary/aromatic N) is 5. The first-order chi connectivity index (χ1) is 14.2. The predicted octanol–water partition coefficient (Wildman–Crippen LogP) is 3.02. The van der Waals surface area contributed by atoms with Crippen molar-refractivity contribution in [3.05, 3.63) is 16.8 Å². The summed E-state index contributed by atoms with van der Waals surface area (Å²) in [5, 5.41) is 19.3. The lowest BCUT2D eigenvalue weighted by molar-refractivity contribution is -0.135. The molecule has 5 aliphatic rings. The van der Waals surface area contributed by atoms with Gasteiger partial charge in [-0.2, -0.15) is 10.4 Å². The molecule has 29 heavy (non-hydrogen) atoms. The SMILES string of the molecule is N#Cc1c(N2CCN(C(=O)C3CC3)[C@H](C3CC3)C2)nnc2c1C(C1CC1)CCC2. The molecule has 1 saturated heterocycles. The molecule has 1 amide bonds. The van der Waals surface area contributed by atoms with Crippen molar-refractivity contribution in [3.63, 3.8) is 0 Å². The van der Waals surface area contributed by atoms with Crippen molar-refractivity contribution in [1.82, 2.24) is 15.1 Å². The highest BCUT2D eigenvalue weighted by atomic mass is 16.2. The molecule has 6 rings (SSSR count). The number of hydrogen-bond donors (Lipinski definition) is 0. The number of hydrogen-bond acceptors (Lipinski definition) is 5. The highest BCUT2D eigenvalue weighted by Crippen LogP contribution is 2.50. The van der Waals surface area contributed by atoms with Crippen molar-refractivity contribution in [2.45, 2.75) is 69.7 Å². The number of rotatable bonds is 4. The molecule has 0 N–H and O–H groups in total. The highest BCUT2D eigenvalue weighted by Gasteiger charge is 2.45. The van der Waals surface area contributed by atoms with Crippen LogP contribution in [0.4, 0.5) is 5.82 Å². The van der Waals surface area contributed by atoms with Crippen LogP contribution in [0.1, 0.15) is 74.1 Å². The Kier molecular flexibility index (Phi) is 4.07. The zero-order valence-electron chi connectivity index (χ0n) is 17.0. The van der Waals surface area contributed by atoms with E-state index in [0.29, 0.717) is 17.7 Å². The summed E-state index contributed by atoms with van der Waals surface area (Å²) < 4.78 is 0. The molecular weight excluding hydrogens is 362 g/mol. The average molecular weight is 392 g/mol. The second-order valence-electron chi connectivity index (χ2n) is 9.86. The van der Waals surface area contributed by atoms with E-state index in [1.54, 1.807) is 0 Å². The van der Waals surface area contributed by atoms with Gasteiger partial charge >= 0.3 is 0 Å². The molecule has 0 bridgehead atoms. The minimum atomic E-state index is 0.278. The molecule has 152 valence electrons. The number of carbonyl (C=O) groups is 1. The van der Waals surface area contributed by atoms with Crippen LogP contribution in [0, 0.1) is 29.1 Å². The summed E-state index contributed by atoms with van der Waals surface area (Å²) in [4.78, 5) is 17.2. The summed E-state index contributed by atoms with van der Waals surface area (Å²) >= 11 is 0. The van der Waals surface area contributed by atoms with Crippen molar-refractivity contribution in [2.75, 3.05) is 24.5 Å². The molecular formula is C23H29N5O. The van der Waals surface area contributed by atoms with Gasteiger partial charge < -0.3 is 9.80 Å². The topological polar surface area (TPSA) is 73.1 Å².